The van der Waals surface area contributed by atoms with Gasteiger partial charge in [-0.1, -0.05) is 25.3 Å². The molecule has 1 saturated carbocycles. The Hall–Kier alpha value is -2.82. The molecule has 0 unspecified atom stereocenters. The molecule has 3 N–H and O–H groups in total. The molecule has 0 aliphatic heterocycles. The van der Waals surface area contributed by atoms with Crippen molar-refractivity contribution in [3.8, 4) is 0 Å². The van der Waals surface area contributed by atoms with Crippen LogP contribution in [0.3, 0.4) is 0 Å². The number of fused-ring (bicyclic) bond motifs is 1. The van der Waals surface area contributed by atoms with Crippen LogP contribution in [-0.2, 0) is 4.79 Å². The Morgan fingerprint density at radius 1 is 1.12 bits per heavy atom. The zero-order chi connectivity index (χ0) is 17.9. The number of anilines is 3. The summed E-state index contributed by atoms with van der Waals surface area (Å²) in [5.74, 6) is 1.37. The van der Waals surface area contributed by atoms with E-state index in [-0.39, 0.29) is 5.91 Å². The van der Waals surface area contributed by atoms with Gasteiger partial charge in [-0.05, 0) is 54.7 Å². The number of nitrogens with one attached hydrogen (secondary N) is 3. The van der Waals surface area contributed by atoms with E-state index < -0.39 is 0 Å². The quantitative estimate of drug-likeness (QED) is 0.598. The normalized spacial score (nSPS) is 15.1. The minimum absolute atomic E-state index is 0.0803. The van der Waals surface area contributed by atoms with Crippen molar-refractivity contribution in [3.63, 3.8) is 0 Å². The van der Waals surface area contributed by atoms with Crippen LogP contribution in [0.25, 0.3) is 11.0 Å². The van der Waals surface area contributed by atoms with Gasteiger partial charge in [0.15, 0.2) is 0 Å². The van der Waals surface area contributed by atoms with Crippen LogP contribution in [0.4, 0.5) is 17.2 Å². The third-order valence-electron chi connectivity index (χ3n) is 5.07. The summed E-state index contributed by atoms with van der Waals surface area (Å²) < 4.78 is 0. The maximum absolute atomic E-state index is 11.2. The van der Waals surface area contributed by atoms with Gasteiger partial charge in [0, 0.05) is 29.9 Å². The Morgan fingerprint density at radius 3 is 2.73 bits per heavy atom. The Bertz CT molecular complexity index is 925. The first-order valence-corrected chi connectivity index (χ1v) is 9.32. The lowest BCUT2D eigenvalue weighted by atomic mass is 9.84. The highest BCUT2D eigenvalue weighted by Crippen LogP contribution is 2.36. The number of benzene rings is 1. The largest absolute Gasteiger partial charge is 0.346 e. The molecule has 26 heavy (non-hydrogen) atoms. The Morgan fingerprint density at radius 2 is 1.92 bits per heavy atom. The summed E-state index contributed by atoms with van der Waals surface area (Å²) in [7, 11) is 0. The van der Waals surface area contributed by atoms with Crippen molar-refractivity contribution in [3.05, 3.63) is 48.2 Å². The van der Waals surface area contributed by atoms with E-state index in [0.29, 0.717) is 5.92 Å². The molecule has 3 aromatic rings. The average Bonchev–Trinajstić information content (AvgIpc) is 3.05. The van der Waals surface area contributed by atoms with Crippen molar-refractivity contribution < 1.29 is 4.79 Å². The number of hydrogen-bond donors (Lipinski definition) is 3. The fraction of sp³-hybridized carbons (Fsp3) is 0.333. The molecule has 1 aliphatic carbocycles. The number of hydrogen-bond acceptors (Lipinski definition) is 3. The molecule has 5 heteroatoms. The van der Waals surface area contributed by atoms with Gasteiger partial charge in [-0.3, -0.25) is 4.79 Å². The van der Waals surface area contributed by atoms with E-state index in [9.17, 15) is 4.79 Å². The van der Waals surface area contributed by atoms with Crippen LogP contribution in [0, 0.1) is 0 Å². The number of carbonyl (C=O) groups is 1. The summed E-state index contributed by atoms with van der Waals surface area (Å²) in [6.45, 7) is 1.50. The summed E-state index contributed by atoms with van der Waals surface area (Å²) in [5, 5.41) is 7.34. The van der Waals surface area contributed by atoms with E-state index in [0.717, 1.165) is 22.8 Å². The third-order valence-corrected chi connectivity index (χ3v) is 5.07. The van der Waals surface area contributed by atoms with Crippen LogP contribution < -0.4 is 10.6 Å². The Labute approximate surface area is 153 Å². The monoisotopic (exact) mass is 348 g/mol. The van der Waals surface area contributed by atoms with E-state index in [1.807, 2.05) is 30.3 Å². The van der Waals surface area contributed by atoms with Gasteiger partial charge in [-0.2, -0.15) is 0 Å². The fourth-order valence-corrected chi connectivity index (χ4v) is 3.87. The molecule has 0 bridgehead atoms. The zero-order valence-electron chi connectivity index (χ0n) is 15.0. The van der Waals surface area contributed by atoms with Gasteiger partial charge in [0.25, 0.3) is 0 Å². The summed E-state index contributed by atoms with van der Waals surface area (Å²) in [6, 6.07) is 11.8. The van der Waals surface area contributed by atoms with Crippen molar-refractivity contribution in [1.82, 2.24) is 9.97 Å². The van der Waals surface area contributed by atoms with Crippen LogP contribution in [0.1, 0.15) is 50.5 Å². The maximum atomic E-state index is 11.2. The van der Waals surface area contributed by atoms with Gasteiger partial charge in [-0.15, -0.1) is 0 Å². The van der Waals surface area contributed by atoms with E-state index in [2.05, 4.69) is 27.9 Å². The molecule has 1 aromatic carbocycles. The number of pyridine rings is 1. The van der Waals surface area contributed by atoms with Crippen molar-refractivity contribution in [1.29, 1.82) is 0 Å². The summed E-state index contributed by atoms with van der Waals surface area (Å²) in [4.78, 5) is 19.3. The average molecular weight is 348 g/mol. The van der Waals surface area contributed by atoms with Crippen molar-refractivity contribution in [2.75, 3.05) is 10.6 Å². The molecular formula is C21H24N4O. The molecule has 0 saturated heterocycles. The Kier molecular flexibility index (Phi) is 4.61. The molecular weight excluding hydrogens is 324 g/mol. The molecule has 1 fully saturated rings. The Balaban J connectivity index is 1.55. The first-order valence-electron chi connectivity index (χ1n) is 9.32. The van der Waals surface area contributed by atoms with Gasteiger partial charge in [0.2, 0.25) is 5.91 Å². The van der Waals surface area contributed by atoms with Crippen molar-refractivity contribution >= 4 is 34.1 Å². The third kappa shape index (κ3) is 3.57. The summed E-state index contributed by atoms with van der Waals surface area (Å²) in [6.07, 6.45) is 8.72. The molecule has 0 atom stereocenters. The van der Waals surface area contributed by atoms with Gasteiger partial charge >= 0.3 is 0 Å². The first kappa shape index (κ1) is 16.6. The number of aromatic nitrogens is 2. The van der Waals surface area contributed by atoms with E-state index >= 15 is 0 Å². The molecule has 1 aliphatic rings. The van der Waals surface area contributed by atoms with Gasteiger partial charge < -0.3 is 15.6 Å². The molecule has 5 nitrogen and oxygen atoms in total. The minimum atomic E-state index is -0.0803. The maximum Gasteiger partial charge on any atom is 0.221 e. The van der Waals surface area contributed by atoms with Crippen LogP contribution in [0.2, 0.25) is 0 Å². The highest BCUT2D eigenvalue weighted by molar-refractivity contribution is 5.89. The molecule has 1 amide bonds. The number of aromatic amines is 1. The second-order valence-electron chi connectivity index (χ2n) is 7.06. The zero-order valence-corrected chi connectivity index (χ0v) is 15.0. The number of carbonyl (C=O) groups excluding carboxylic acids is 1. The standard InChI is InChI=1S/C21H24N4O/c1-14(26)23-16-8-5-9-17(12-16)24-20-11-10-18-19(13-22-21(18)25-20)15-6-3-2-4-7-15/h5,8-13,15H,2-4,6-7H2,1H3,(H,23,26)(H2,22,24,25). The smallest absolute Gasteiger partial charge is 0.221 e. The topological polar surface area (TPSA) is 69.8 Å². The second-order valence-corrected chi connectivity index (χ2v) is 7.06. The molecule has 4 rings (SSSR count). The molecule has 134 valence electrons. The lowest BCUT2D eigenvalue weighted by Gasteiger charge is -2.21. The predicted octanol–water partition coefficient (Wildman–Crippen LogP) is 5.31. The number of rotatable bonds is 4. The number of H-pyrrole nitrogens is 1. The highest BCUT2D eigenvalue weighted by atomic mass is 16.1. The van der Waals surface area contributed by atoms with E-state index in [4.69, 9.17) is 4.98 Å². The number of amides is 1. The number of nitrogens with zero attached hydrogens (tertiary/aromatic N) is 1. The van der Waals surface area contributed by atoms with E-state index in [1.165, 1.54) is 50.0 Å². The van der Waals surface area contributed by atoms with Crippen LogP contribution in [0.15, 0.2) is 42.6 Å². The van der Waals surface area contributed by atoms with Crippen LogP contribution in [-0.4, -0.2) is 15.9 Å². The lowest BCUT2D eigenvalue weighted by molar-refractivity contribution is -0.114. The molecule has 2 heterocycles. The van der Waals surface area contributed by atoms with Gasteiger partial charge in [0.05, 0.1) is 0 Å². The molecule has 0 radical (unpaired) electrons. The molecule has 0 spiro atoms. The van der Waals surface area contributed by atoms with Gasteiger partial charge in [-0.25, -0.2) is 4.98 Å². The SMILES string of the molecule is CC(=O)Nc1cccc(Nc2ccc3c(C4CCCCC4)c[nH]c3n2)c1. The summed E-state index contributed by atoms with van der Waals surface area (Å²) in [5.41, 5.74) is 3.99. The fourth-order valence-electron chi connectivity index (χ4n) is 3.87. The lowest BCUT2D eigenvalue weighted by Crippen LogP contribution is -2.05. The van der Waals surface area contributed by atoms with Crippen molar-refractivity contribution in [2.24, 2.45) is 0 Å². The van der Waals surface area contributed by atoms with Crippen molar-refractivity contribution in [2.45, 2.75) is 44.9 Å². The second kappa shape index (κ2) is 7.20. The highest BCUT2D eigenvalue weighted by Gasteiger charge is 2.19. The van der Waals surface area contributed by atoms with Gasteiger partial charge in [0.1, 0.15) is 11.5 Å². The van der Waals surface area contributed by atoms with Crippen LogP contribution in [0.5, 0.6) is 0 Å². The minimum Gasteiger partial charge on any atom is -0.346 e. The first-order chi connectivity index (χ1) is 12.7. The van der Waals surface area contributed by atoms with E-state index in [1.54, 1.807) is 0 Å². The predicted molar refractivity (Wildman–Crippen MR) is 106 cm³/mol. The summed E-state index contributed by atoms with van der Waals surface area (Å²) >= 11 is 0. The van der Waals surface area contributed by atoms with Crippen LogP contribution >= 0.6 is 0 Å². The molecule has 2 aromatic heterocycles.